The Hall–Kier alpha value is -2.79. The van der Waals surface area contributed by atoms with Crippen molar-refractivity contribution in [2.45, 2.75) is 6.18 Å². The number of amides is 1. The average molecular weight is 541 g/mol. The number of pyridine rings is 1. The number of nitro groups is 1. The number of non-ortho nitro benzene ring substituents is 1. The third-order valence-corrected chi connectivity index (χ3v) is 5.16. The predicted molar refractivity (Wildman–Crippen MR) is 117 cm³/mol. The first-order chi connectivity index (χ1) is 15.4. The summed E-state index contributed by atoms with van der Waals surface area (Å²) in [4.78, 5) is 26.3. The second-order valence-corrected chi connectivity index (χ2v) is 7.88. The van der Waals surface area contributed by atoms with Gasteiger partial charge in [-0.3, -0.25) is 14.9 Å². The third kappa shape index (κ3) is 5.77. The zero-order valence-corrected chi connectivity index (χ0v) is 18.7. The lowest BCUT2D eigenvalue weighted by Crippen LogP contribution is -2.13. The van der Waals surface area contributed by atoms with Crippen LogP contribution in [0.25, 0.3) is 0 Å². The Morgan fingerprint density at radius 3 is 2.18 bits per heavy atom. The second-order valence-electron chi connectivity index (χ2n) is 6.26. The number of aromatic nitrogens is 1. The summed E-state index contributed by atoms with van der Waals surface area (Å²) in [6, 6.07) is 6.42. The van der Waals surface area contributed by atoms with Gasteiger partial charge in [0.1, 0.15) is 5.02 Å². The van der Waals surface area contributed by atoms with E-state index in [0.717, 1.165) is 12.1 Å². The summed E-state index contributed by atoms with van der Waals surface area (Å²) in [6.07, 6.45) is -4.12. The number of anilines is 1. The molecule has 0 saturated carbocycles. The molecule has 0 saturated heterocycles. The molecule has 0 atom stereocenters. The van der Waals surface area contributed by atoms with Crippen molar-refractivity contribution in [2.75, 3.05) is 5.32 Å². The van der Waals surface area contributed by atoms with Crippen LogP contribution < -0.4 is 10.1 Å². The van der Waals surface area contributed by atoms with Crippen LogP contribution >= 0.6 is 46.4 Å². The fraction of sp³-hybridized carbons (Fsp3) is 0.0526. The molecule has 3 aromatic rings. The van der Waals surface area contributed by atoms with E-state index in [2.05, 4.69) is 10.3 Å². The first-order valence-electron chi connectivity index (χ1n) is 8.51. The summed E-state index contributed by atoms with van der Waals surface area (Å²) in [5.74, 6) is -1.34. The van der Waals surface area contributed by atoms with Crippen LogP contribution in [-0.2, 0) is 6.18 Å². The van der Waals surface area contributed by atoms with Gasteiger partial charge in [0, 0.05) is 24.0 Å². The number of nitrogens with zero attached hydrogens (tertiary/aromatic N) is 2. The number of carbonyl (C=O) groups is 1. The number of alkyl halides is 3. The van der Waals surface area contributed by atoms with E-state index in [9.17, 15) is 28.1 Å². The molecule has 0 radical (unpaired) electrons. The van der Waals surface area contributed by atoms with Crippen LogP contribution in [-0.4, -0.2) is 15.8 Å². The summed E-state index contributed by atoms with van der Waals surface area (Å²) >= 11 is 24.0. The van der Waals surface area contributed by atoms with Crippen molar-refractivity contribution in [3.63, 3.8) is 0 Å². The molecule has 2 aromatic carbocycles. The van der Waals surface area contributed by atoms with Crippen LogP contribution in [0, 0.1) is 10.1 Å². The topological polar surface area (TPSA) is 94.4 Å². The molecule has 0 aliphatic heterocycles. The quantitative estimate of drug-likeness (QED) is 0.264. The summed E-state index contributed by atoms with van der Waals surface area (Å²) < 4.78 is 43.6. The third-order valence-electron chi connectivity index (χ3n) is 4.00. The maximum atomic E-state index is 12.8. The maximum Gasteiger partial charge on any atom is 0.417 e. The lowest BCUT2D eigenvalue weighted by atomic mass is 10.2. The van der Waals surface area contributed by atoms with Crippen LogP contribution in [0.1, 0.15) is 15.9 Å². The molecule has 172 valence electrons. The molecule has 1 amide bonds. The minimum Gasteiger partial charge on any atom is -0.434 e. The Kier molecular flexibility index (Phi) is 7.23. The zero-order chi connectivity index (χ0) is 24.5. The fourth-order valence-electron chi connectivity index (χ4n) is 2.48. The number of benzene rings is 2. The molecule has 33 heavy (non-hydrogen) atoms. The van der Waals surface area contributed by atoms with Crippen LogP contribution in [0.2, 0.25) is 20.1 Å². The molecule has 0 fully saturated rings. The smallest absolute Gasteiger partial charge is 0.417 e. The van der Waals surface area contributed by atoms with E-state index in [-0.39, 0.29) is 43.6 Å². The zero-order valence-electron chi connectivity index (χ0n) is 15.7. The molecular weight excluding hydrogens is 533 g/mol. The van der Waals surface area contributed by atoms with Crippen molar-refractivity contribution in [3.05, 3.63) is 83.9 Å². The minimum atomic E-state index is -4.65. The Balaban J connectivity index is 1.85. The van der Waals surface area contributed by atoms with Gasteiger partial charge in [0.05, 0.1) is 31.1 Å². The van der Waals surface area contributed by atoms with Gasteiger partial charge in [-0.25, -0.2) is 4.98 Å². The van der Waals surface area contributed by atoms with E-state index < -0.39 is 27.6 Å². The molecule has 0 spiro atoms. The number of nitrogens with one attached hydrogen (secondary N) is 1. The van der Waals surface area contributed by atoms with Crippen molar-refractivity contribution in [1.82, 2.24) is 4.98 Å². The largest absolute Gasteiger partial charge is 0.434 e. The molecule has 0 unspecified atom stereocenters. The van der Waals surface area contributed by atoms with Crippen molar-refractivity contribution in [1.29, 1.82) is 0 Å². The van der Waals surface area contributed by atoms with Crippen molar-refractivity contribution < 1.29 is 27.6 Å². The van der Waals surface area contributed by atoms with Gasteiger partial charge in [0.25, 0.3) is 11.6 Å². The number of hydrogen-bond donors (Lipinski definition) is 1. The molecule has 0 aliphatic carbocycles. The van der Waals surface area contributed by atoms with Gasteiger partial charge in [-0.1, -0.05) is 46.4 Å². The number of nitro benzene ring substituents is 1. The highest BCUT2D eigenvalue weighted by atomic mass is 35.5. The van der Waals surface area contributed by atoms with E-state index >= 15 is 0 Å². The van der Waals surface area contributed by atoms with E-state index in [1.165, 1.54) is 18.2 Å². The second kappa shape index (κ2) is 9.60. The van der Waals surface area contributed by atoms with Crippen LogP contribution in [0.3, 0.4) is 0 Å². The number of hydrogen-bond acceptors (Lipinski definition) is 5. The highest BCUT2D eigenvalue weighted by Crippen LogP contribution is 2.41. The standard InChI is InChI=1S/C19H8Cl4F3N3O4/c20-12-2-1-10(29(31)32)6-11(12)17(30)28-9-4-13(21)16(14(22)5-9)33-18-15(23)3-8(7-27-18)19(24,25)26/h1-7H,(H,28,30). The SMILES string of the molecule is O=C(Nc1cc(Cl)c(Oc2ncc(C(F)(F)F)cc2Cl)c(Cl)c1)c1cc([N+](=O)[O-])ccc1Cl. The fourth-order valence-corrected chi connectivity index (χ4v) is 3.45. The predicted octanol–water partition coefficient (Wildman–Crippen LogP) is 7.67. The Labute approximate surface area is 203 Å². The molecule has 1 aromatic heterocycles. The van der Waals surface area contributed by atoms with E-state index in [1.54, 1.807) is 0 Å². The molecule has 3 rings (SSSR count). The Morgan fingerprint density at radius 1 is 1.00 bits per heavy atom. The Morgan fingerprint density at radius 2 is 1.64 bits per heavy atom. The molecular formula is C19H8Cl4F3N3O4. The summed E-state index contributed by atoms with van der Waals surface area (Å²) in [7, 11) is 0. The summed E-state index contributed by atoms with van der Waals surface area (Å²) in [6.45, 7) is 0. The van der Waals surface area contributed by atoms with E-state index in [1.807, 2.05) is 0 Å². The number of halogens is 7. The van der Waals surface area contributed by atoms with Gasteiger partial charge in [0.2, 0.25) is 5.88 Å². The van der Waals surface area contributed by atoms with E-state index in [4.69, 9.17) is 51.1 Å². The number of ether oxygens (including phenoxy) is 1. The number of rotatable bonds is 5. The summed E-state index contributed by atoms with van der Waals surface area (Å²) in [5, 5.41) is 12.6. The first kappa shape index (κ1) is 24.8. The summed E-state index contributed by atoms with van der Waals surface area (Å²) in [5.41, 5.74) is -1.50. The van der Waals surface area contributed by atoms with Gasteiger partial charge < -0.3 is 10.1 Å². The van der Waals surface area contributed by atoms with Gasteiger partial charge >= 0.3 is 6.18 Å². The van der Waals surface area contributed by atoms with Crippen LogP contribution in [0.5, 0.6) is 11.6 Å². The normalized spacial score (nSPS) is 11.2. The van der Waals surface area contributed by atoms with E-state index in [0.29, 0.717) is 12.3 Å². The Bertz CT molecular complexity index is 1250. The van der Waals surface area contributed by atoms with Crippen molar-refractivity contribution in [3.8, 4) is 11.6 Å². The van der Waals surface area contributed by atoms with Gasteiger partial charge in [-0.2, -0.15) is 13.2 Å². The van der Waals surface area contributed by atoms with Crippen LogP contribution in [0.4, 0.5) is 24.5 Å². The van der Waals surface area contributed by atoms with Crippen molar-refractivity contribution in [2.24, 2.45) is 0 Å². The molecule has 1 N–H and O–H groups in total. The van der Waals surface area contributed by atoms with Gasteiger partial charge in [-0.15, -0.1) is 0 Å². The monoisotopic (exact) mass is 539 g/mol. The highest BCUT2D eigenvalue weighted by molar-refractivity contribution is 6.38. The minimum absolute atomic E-state index is 0.0294. The lowest BCUT2D eigenvalue weighted by molar-refractivity contribution is -0.384. The average Bonchev–Trinajstić information content (AvgIpc) is 2.71. The van der Waals surface area contributed by atoms with Crippen LogP contribution in [0.15, 0.2) is 42.6 Å². The first-order valence-corrected chi connectivity index (χ1v) is 10.0. The molecule has 0 bridgehead atoms. The molecule has 1 heterocycles. The van der Waals surface area contributed by atoms with Gasteiger partial charge in [0.15, 0.2) is 5.75 Å². The van der Waals surface area contributed by atoms with Crippen molar-refractivity contribution >= 4 is 63.7 Å². The molecule has 7 nitrogen and oxygen atoms in total. The maximum absolute atomic E-state index is 12.8. The lowest BCUT2D eigenvalue weighted by Gasteiger charge is -2.14. The van der Waals surface area contributed by atoms with Gasteiger partial charge in [-0.05, 0) is 24.3 Å². The highest BCUT2D eigenvalue weighted by Gasteiger charge is 2.32. The molecule has 0 aliphatic rings. The molecule has 14 heteroatoms. The number of carbonyl (C=O) groups excluding carboxylic acids is 1.